The summed E-state index contributed by atoms with van der Waals surface area (Å²) in [5, 5.41) is 4.06. The molecule has 0 spiro atoms. The molecular weight excluding hydrogens is 238 g/mol. The first kappa shape index (κ1) is 11.8. The van der Waals surface area contributed by atoms with E-state index >= 15 is 0 Å². The van der Waals surface area contributed by atoms with E-state index in [4.69, 9.17) is 0 Å². The summed E-state index contributed by atoms with van der Waals surface area (Å²) in [6, 6.07) is 8.60. The molecule has 1 N–H and O–H groups in total. The minimum atomic E-state index is -3.40. The first-order valence-corrected chi connectivity index (χ1v) is 6.55. The SMILES string of the molecule is CNS(=O)(=O)c1cccc(-c2ccnn2C)c1. The van der Waals surface area contributed by atoms with Gasteiger partial charge in [-0.3, -0.25) is 4.68 Å². The van der Waals surface area contributed by atoms with Gasteiger partial charge in [-0.15, -0.1) is 0 Å². The lowest BCUT2D eigenvalue weighted by Gasteiger charge is -2.06. The minimum absolute atomic E-state index is 0.249. The van der Waals surface area contributed by atoms with Crippen LogP contribution in [0.15, 0.2) is 41.4 Å². The molecule has 0 bridgehead atoms. The van der Waals surface area contributed by atoms with E-state index < -0.39 is 10.0 Å². The summed E-state index contributed by atoms with van der Waals surface area (Å²) in [4.78, 5) is 0.249. The highest BCUT2D eigenvalue weighted by Crippen LogP contribution is 2.21. The van der Waals surface area contributed by atoms with E-state index in [1.807, 2.05) is 19.2 Å². The summed E-state index contributed by atoms with van der Waals surface area (Å²) >= 11 is 0. The molecule has 1 aromatic carbocycles. The van der Waals surface area contributed by atoms with Crippen LogP contribution in [0.3, 0.4) is 0 Å². The third-order valence-electron chi connectivity index (χ3n) is 2.53. The predicted molar refractivity (Wildman–Crippen MR) is 64.9 cm³/mol. The summed E-state index contributed by atoms with van der Waals surface area (Å²) in [7, 11) is -0.195. The molecule has 0 saturated carbocycles. The van der Waals surface area contributed by atoms with E-state index in [9.17, 15) is 8.42 Å². The van der Waals surface area contributed by atoms with Crippen molar-refractivity contribution in [3.8, 4) is 11.3 Å². The van der Waals surface area contributed by atoms with Gasteiger partial charge in [-0.1, -0.05) is 12.1 Å². The maximum atomic E-state index is 11.7. The second-order valence-electron chi connectivity index (χ2n) is 3.58. The second kappa shape index (κ2) is 4.31. The van der Waals surface area contributed by atoms with Crippen molar-refractivity contribution in [1.82, 2.24) is 14.5 Å². The number of benzene rings is 1. The molecule has 1 aromatic heterocycles. The molecule has 0 atom stereocenters. The molecule has 90 valence electrons. The van der Waals surface area contributed by atoms with Crippen LogP contribution in [0.2, 0.25) is 0 Å². The Morgan fingerprint density at radius 1 is 1.29 bits per heavy atom. The molecule has 0 aliphatic rings. The monoisotopic (exact) mass is 251 g/mol. The van der Waals surface area contributed by atoms with Crippen molar-refractivity contribution in [2.24, 2.45) is 7.05 Å². The number of hydrogen-bond acceptors (Lipinski definition) is 3. The van der Waals surface area contributed by atoms with Crippen molar-refractivity contribution >= 4 is 10.0 Å². The Morgan fingerprint density at radius 3 is 2.65 bits per heavy atom. The number of aryl methyl sites for hydroxylation is 1. The Balaban J connectivity index is 2.54. The highest BCUT2D eigenvalue weighted by Gasteiger charge is 2.12. The fourth-order valence-electron chi connectivity index (χ4n) is 1.60. The molecule has 0 fully saturated rings. The molecular formula is C11H13N3O2S. The molecule has 1 heterocycles. The Bertz CT molecular complexity index is 632. The van der Waals surface area contributed by atoms with Gasteiger partial charge in [0.1, 0.15) is 0 Å². The molecule has 17 heavy (non-hydrogen) atoms. The summed E-state index contributed by atoms with van der Waals surface area (Å²) in [5.41, 5.74) is 1.69. The summed E-state index contributed by atoms with van der Waals surface area (Å²) < 4.78 is 27.3. The standard InChI is InChI=1S/C11H13N3O2S/c1-12-17(15,16)10-5-3-4-9(8-10)11-6-7-13-14(11)2/h3-8,12H,1-2H3. The minimum Gasteiger partial charge on any atom is -0.268 e. The van der Waals surface area contributed by atoms with Gasteiger partial charge in [-0.05, 0) is 25.2 Å². The van der Waals surface area contributed by atoms with Crippen LogP contribution in [-0.4, -0.2) is 25.2 Å². The number of nitrogens with one attached hydrogen (secondary N) is 1. The van der Waals surface area contributed by atoms with Crippen LogP contribution in [0.25, 0.3) is 11.3 Å². The molecule has 0 amide bonds. The highest BCUT2D eigenvalue weighted by molar-refractivity contribution is 7.89. The first-order valence-electron chi connectivity index (χ1n) is 5.06. The largest absolute Gasteiger partial charge is 0.268 e. The van der Waals surface area contributed by atoms with Crippen molar-refractivity contribution in [2.75, 3.05) is 7.05 Å². The van der Waals surface area contributed by atoms with Gasteiger partial charge < -0.3 is 0 Å². The Labute approximate surface area is 100 Å². The van der Waals surface area contributed by atoms with Crippen molar-refractivity contribution in [3.05, 3.63) is 36.5 Å². The van der Waals surface area contributed by atoms with Crippen molar-refractivity contribution < 1.29 is 8.42 Å². The van der Waals surface area contributed by atoms with Crippen molar-refractivity contribution in [1.29, 1.82) is 0 Å². The maximum Gasteiger partial charge on any atom is 0.240 e. The summed E-state index contributed by atoms with van der Waals surface area (Å²) in [6.45, 7) is 0. The van der Waals surface area contributed by atoms with Crippen LogP contribution in [0.1, 0.15) is 0 Å². The van der Waals surface area contributed by atoms with E-state index in [1.165, 1.54) is 7.05 Å². The predicted octanol–water partition coefficient (Wildman–Crippen LogP) is 0.995. The lowest BCUT2D eigenvalue weighted by atomic mass is 10.1. The quantitative estimate of drug-likeness (QED) is 0.885. The van der Waals surface area contributed by atoms with E-state index in [2.05, 4.69) is 9.82 Å². The van der Waals surface area contributed by atoms with Gasteiger partial charge in [0, 0.05) is 18.8 Å². The van der Waals surface area contributed by atoms with Gasteiger partial charge in [0.25, 0.3) is 0 Å². The number of nitrogens with zero attached hydrogens (tertiary/aromatic N) is 2. The van der Waals surface area contributed by atoms with Crippen molar-refractivity contribution in [3.63, 3.8) is 0 Å². The van der Waals surface area contributed by atoms with Crippen molar-refractivity contribution in [2.45, 2.75) is 4.90 Å². The highest BCUT2D eigenvalue weighted by atomic mass is 32.2. The zero-order valence-corrected chi connectivity index (χ0v) is 10.4. The number of sulfonamides is 1. The lowest BCUT2D eigenvalue weighted by molar-refractivity contribution is 0.588. The molecule has 0 saturated heterocycles. The van der Waals surface area contributed by atoms with E-state index in [0.717, 1.165) is 11.3 Å². The van der Waals surface area contributed by atoms with Gasteiger partial charge in [0.05, 0.1) is 10.6 Å². The van der Waals surface area contributed by atoms with Gasteiger partial charge in [0.2, 0.25) is 10.0 Å². The molecule has 0 radical (unpaired) electrons. The van der Waals surface area contributed by atoms with Crippen LogP contribution >= 0.6 is 0 Å². The van der Waals surface area contributed by atoms with E-state index in [1.54, 1.807) is 29.1 Å². The van der Waals surface area contributed by atoms with Crippen LogP contribution < -0.4 is 4.72 Å². The maximum absolute atomic E-state index is 11.7. The summed E-state index contributed by atoms with van der Waals surface area (Å²) in [5.74, 6) is 0. The smallest absolute Gasteiger partial charge is 0.240 e. The number of hydrogen-bond donors (Lipinski definition) is 1. The number of rotatable bonds is 3. The normalized spacial score (nSPS) is 11.6. The molecule has 0 aliphatic heterocycles. The molecule has 0 aliphatic carbocycles. The first-order chi connectivity index (χ1) is 8.04. The van der Waals surface area contributed by atoms with Crippen LogP contribution in [-0.2, 0) is 17.1 Å². The van der Waals surface area contributed by atoms with E-state index in [0.29, 0.717) is 0 Å². The van der Waals surface area contributed by atoms with Gasteiger partial charge in [-0.2, -0.15) is 5.10 Å². The fourth-order valence-corrected chi connectivity index (χ4v) is 2.37. The zero-order valence-electron chi connectivity index (χ0n) is 9.58. The third kappa shape index (κ3) is 2.22. The van der Waals surface area contributed by atoms with Gasteiger partial charge in [-0.25, -0.2) is 13.1 Å². The fraction of sp³-hybridized carbons (Fsp3) is 0.182. The Kier molecular flexibility index (Phi) is 2.99. The van der Waals surface area contributed by atoms with Gasteiger partial charge >= 0.3 is 0 Å². The second-order valence-corrected chi connectivity index (χ2v) is 5.46. The lowest BCUT2D eigenvalue weighted by Crippen LogP contribution is -2.18. The number of aromatic nitrogens is 2. The summed E-state index contributed by atoms with van der Waals surface area (Å²) in [6.07, 6.45) is 1.68. The van der Waals surface area contributed by atoms with Gasteiger partial charge in [0.15, 0.2) is 0 Å². The third-order valence-corrected chi connectivity index (χ3v) is 3.94. The molecule has 0 unspecified atom stereocenters. The Morgan fingerprint density at radius 2 is 2.06 bits per heavy atom. The molecule has 2 rings (SSSR count). The van der Waals surface area contributed by atoms with Crippen LogP contribution in [0.4, 0.5) is 0 Å². The van der Waals surface area contributed by atoms with Crippen LogP contribution in [0.5, 0.6) is 0 Å². The molecule has 6 heteroatoms. The molecule has 5 nitrogen and oxygen atoms in total. The zero-order chi connectivity index (χ0) is 12.5. The topological polar surface area (TPSA) is 64.0 Å². The van der Waals surface area contributed by atoms with Crippen LogP contribution in [0, 0.1) is 0 Å². The molecule has 2 aromatic rings. The average Bonchev–Trinajstić information content (AvgIpc) is 2.76. The van der Waals surface area contributed by atoms with E-state index in [-0.39, 0.29) is 4.90 Å². The average molecular weight is 251 g/mol. The Hall–Kier alpha value is -1.66.